The Balaban J connectivity index is 3.28. The van der Waals surface area contributed by atoms with E-state index in [-0.39, 0.29) is 6.61 Å². The molecule has 1 rings (SSSR count). The van der Waals surface area contributed by atoms with Crippen LogP contribution in [-0.2, 0) is 6.61 Å². The summed E-state index contributed by atoms with van der Waals surface area (Å²) in [6, 6.07) is 4.02. The Hall–Kier alpha value is -1.42. The molecule has 0 aromatic heterocycles. The van der Waals surface area contributed by atoms with E-state index in [2.05, 4.69) is 41.5 Å². The molecule has 1 aromatic carbocycles. The fourth-order valence-corrected chi connectivity index (χ4v) is 6.69. The molecule has 1 N–H and O–H groups in total. The lowest BCUT2D eigenvalue weighted by Gasteiger charge is -2.24. The predicted molar refractivity (Wildman–Crippen MR) is 204 cm³/mol. The minimum Gasteiger partial charge on any atom is -0.489 e. The van der Waals surface area contributed by atoms with Gasteiger partial charge in [0.05, 0.1) is 26.4 Å². The highest BCUT2D eigenvalue weighted by Crippen LogP contribution is 2.41. The maximum Gasteiger partial charge on any atom is 0.203 e. The van der Waals surface area contributed by atoms with Crippen LogP contribution in [0.5, 0.6) is 17.2 Å². The van der Waals surface area contributed by atoms with Crippen LogP contribution < -0.4 is 14.2 Å². The van der Waals surface area contributed by atoms with Crippen LogP contribution in [-0.4, -0.2) is 24.9 Å². The summed E-state index contributed by atoms with van der Waals surface area (Å²) >= 11 is 0. The lowest BCUT2D eigenvalue weighted by atomic mass is 9.96. The van der Waals surface area contributed by atoms with Crippen LogP contribution in [0, 0.1) is 17.8 Å². The lowest BCUT2D eigenvalue weighted by molar-refractivity contribution is 0.174. The summed E-state index contributed by atoms with van der Waals surface area (Å²) in [6.45, 7) is 15.8. The van der Waals surface area contributed by atoms with Gasteiger partial charge in [0.25, 0.3) is 0 Å². The molecule has 0 amide bonds. The Labute approximate surface area is 293 Å². The third-order valence-electron chi connectivity index (χ3n) is 9.97. The first-order valence-electron chi connectivity index (χ1n) is 20.7. The van der Waals surface area contributed by atoms with Crippen molar-refractivity contribution in [3.05, 3.63) is 17.7 Å². The van der Waals surface area contributed by atoms with Gasteiger partial charge in [-0.25, -0.2) is 0 Å². The molecule has 3 atom stereocenters. The fraction of sp³-hybridized carbons (Fsp3) is 0.860. The van der Waals surface area contributed by atoms with Gasteiger partial charge in [0, 0.05) is 0 Å². The molecule has 0 spiro atoms. The van der Waals surface area contributed by atoms with Crippen molar-refractivity contribution in [2.75, 3.05) is 19.8 Å². The first-order valence-corrected chi connectivity index (χ1v) is 20.7. The summed E-state index contributed by atoms with van der Waals surface area (Å²) in [6.07, 6.45) is 30.1. The van der Waals surface area contributed by atoms with E-state index in [1.54, 1.807) is 0 Å². The van der Waals surface area contributed by atoms with Gasteiger partial charge in [-0.2, -0.15) is 0 Å². The zero-order chi connectivity index (χ0) is 34.4. The number of hydrogen-bond acceptors (Lipinski definition) is 4. The molecule has 3 unspecified atom stereocenters. The summed E-state index contributed by atoms with van der Waals surface area (Å²) in [5.41, 5.74) is 0.838. The molecule has 1 aromatic rings. The maximum absolute atomic E-state index is 10.3. The summed E-state index contributed by atoms with van der Waals surface area (Å²) in [4.78, 5) is 0. The van der Waals surface area contributed by atoms with E-state index >= 15 is 0 Å². The van der Waals surface area contributed by atoms with Crippen molar-refractivity contribution in [2.45, 2.75) is 202 Å². The Morgan fingerprint density at radius 3 is 1.06 bits per heavy atom. The number of unbranched alkanes of at least 4 members (excludes halogenated alkanes) is 12. The van der Waals surface area contributed by atoms with Crippen molar-refractivity contribution in [2.24, 2.45) is 17.8 Å². The van der Waals surface area contributed by atoms with Crippen LogP contribution in [0.2, 0.25) is 0 Å². The quantitative estimate of drug-likeness (QED) is 0.0747. The molecule has 0 fully saturated rings. The zero-order valence-corrected chi connectivity index (χ0v) is 32.4. The third-order valence-corrected chi connectivity index (χ3v) is 9.97. The number of aliphatic hydroxyl groups excluding tert-OH is 1. The van der Waals surface area contributed by atoms with Gasteiger partial charge in [-0.05, 0) is 74.0 Å². The molecule has 47 heavy (non-hydrogen) atoms. The molecular formula is C43H80O4. The van der Waals surface area contributed by atoms with Crippen molar-refractivity contribution in [1.82, 2.24) is 0 Å². The van der Waals surface area contributed by atoms with Crippen LogP contribution in [0.3, 0.4) is 0 Å². The Morgan fingerprint density at radius 2 is 0.745 bits per heavy atom. The highest BCUT2D eigenvalue weighted by Gasteiger charge is 2.21. The van der Waals surface area contributed by atoms with E-state index in [1.165, 1.54) is 154 Å². The average Bonchev–Trinajstić information content (AvgIpc) is 3.09. The van der Waals surface area contributed by atoms with E-state index in [9.17, 15) is 5.11 Å². The molecule has 0 aliphatic carbocycles. The van der Waals surface area contributed by atoms with E-state index in [0.717, 1.165) is 22.8 Å². The normalized spacial score (nSPS) is 13.4. The Bertz CT molecular complexity index is 775. The number of aliphatic hydroxyl groups is 1. The van der Waals surface area contributed by atoms with Crippen LogP contribution in [0.4, 0.5) is 0 Å². The molecule has 4 nitrogen and oxygen atoms in total. The van der Waals surface area contributed by atoms with Gasteiger partial charge >= 0.3 is 0 Å². The predicted octanol–water partition coefficient (Wildman–Crippen LogP) is 13.6. The standard InChI is InChI=1S/C43H80O4/c1-7-13-19-22-28-37(25-16-10-4)34-45-41-31-40(33-44)32-42(46-35-38(26-17-11-5)29-23-20-14-8-2)43(41)47-36-39(27-18-12-6)30-24-21-15-9-3/h31-32,37-39,44H,7-30,33-36H2,1-6H3. The van der Waals surface area contributed by atoms with Gasteiger partial charge in [0.15, 0.2) is 11.5 Å². The Kier molecular flexibility index (Phi) is 28.4. The van der Waals surface area contributed by atoms with Crippen LogP contribution in [0.25, 0.3) is 0 Å². The number of benzene rings is 1. The first kappa shape index (κ1) is 43.6. The van der Waals surface area contributed by atoms with Crippen molar-refractivity contribution in [3.63, 3.8) is 0 Å². The summed E-state index contributed by atoms with van der Waals surface area (Å²) < 4.78 is 20.2. The van der Waals surface area contributed by atoms with Gasteiger partial charge in [0.1, 0.15) is 0 Å². The minimum atomic E-state index is -0.0316. The second-order valence-electron chi connectivity index (χ2n) is 14.6. The number of hydrogen-bond donors (Lipinski definition) is 1. The molecule has 0 heterocycles. The molecular weight excluding hydrogens is 580 g/mol. The Morgan fingerprint density at radius 1 is 0.426 bits per heavy atom. The largest absolute Gasteiger partial charge is 0.489 e. The molecule has 0 aliphatic rings. The van der Waals surface area contributed by atoms with E-state index in [1.807, 2.05) is 12.1 Å². The van der Waals surface area contributed by atoms with Crippen LogP contribution in [0.1, 0.15) is 201 Å². The molecule has 0 bridgehead atoms. The van der Waals surface area contributed by atoms with Crippen molar-refractivity contribution in [3.8, 4) is 17.2 Å². The summed E-state index contributed by atoms with van der Waals surface area (Å²) in [5, 5.41) is 10.3. The topological polar surface area (TPSA) is 47.9 Å². The molecule has 0 saturated carbocycles. The fourth-order valence-electron chi connectivity index (χ4n) is 6.69. The van der Waals surface area contributed by atoms with E-state index in [0.29, 0.717) is 37.6 Å². The van der Waals surface area contributed by atoms with Gasteiger partial charge in [-0.1, -0.05) is 157 Å². The second-order valence-corrected chi connectivity index (χ2v) is 14.6. The molecule has 0 radical (unpaired) electrons. The van der Waals surface area contributed by atoms with E-state index < -0.39 is 0 Å². The molecule has 4 heteroatoms. The van der Waals surface area contributed by atoms with E-state index in [4.69, 9.17) is 14.2 Å². The SMILES string of the molecule is CCCCCCC(CCCC)COc1cc(CO)cc(OCC(CCCC)CCCCCC)c1OCC(CCCC)CCCCCC. The molecule has 0 saturated heterocycles. The lowest BCUT2D eigenvalue weighted by Crippen LogP contribution is -2.17. The highest BCUT2D eigenvalue weighted by atomic mass is 16.5. The van der Waals surface area contributed by atoms with Crippen LogP contribution >= 0.6 is 0 Å². The number of ether oxygens (including phenoxy) is 3. The number of rotatable bonds is 34. The monoisotopic (exact) mass is 661 g/mol. The maximum atomic E-state index is 10.3. The highest BCUT2D eigenvalue weighted by molar-refractivity contribution is 5.54. The van der Waals surface area contributed by atoms with Crippen molar-refractivity contribution < 1.29 is 19.3 Å². The molecule has 276 valence electrons. The summed E-state index contributed by atoms with van der Waals surface area (Å²) in [7, 11) is 0. The van der Waals surface area contributed by atoms with Crippen LogP contribution in [0.15, 0.2) is 12.1 Å². The van der Waals surface area contributed by atoms with Gasteiger partial charge in [-0.15, -0.1) is 0 Å². The minimum absolute atomic E-state index is 0.0316. The third kappa shape index (κ3) is 21.3. The average molecular weight is 661 g/mol. The zero-order valence-electron chi connectivity index (χ0n) is 32.4. The van der Waals surface area contributed by atoms with Gasteiger partial charge in [0.2, 0.25) is 5.75 Å². The smallest absolute Gasteiger partial charge is 0.203 e. The van der Waals surface area contributed by atoms with Crippen molar-refractivity contribution >= 4 is 0 Å². The van der Waals surface area contributed by atoms with Crippen molar-refractivity contribution in [1.29, 1.82) is 0 Å². The first-order chi connectivity index (χ1) is 23.1. The second kappa shape index (κ2) is 30.6. The molecule has 0 aliphatic heterocycles. The summed E-state index contributed by atoms with van der Waals surface area (Å²) in [5.74, 6) is 3.90. The van der Waals surface area contributed by atoms with Gasteiger partial charge < -0.3 is 19.3 Å². The van der Waals surface area contributed by atoms with Gasteiger partial charge in [-0.3, -0.25) is 0 Å².